The maximum absolute atomic E-state index is 13.1. The molecule has 0 saturated carbocycles. The summed E-state index contributed by atoms with van der Waals surface area (Å²) < 4.78 is 1.51. The first-order chi connectivity index (χ1) is 15.4. The number of aryl methyl sites for hydroxylation is 2. The van der Waals surface area contributed by atoms with Crippen LogP contribution in [0.2, 0.25) is 0 Å². The zero-order chi connectivity index (χ0) is 22.7. The molecule has 4 rings (SSSR count). The predicted molar refractivity (Wildman–Crippen MR) is 127 cm³/mol. The van der Waals surface area contributed by atoms with E-state index in [0.717, 1.165) is 5.56 Å². The molecule has 32 heavy (non-hydrogen) atoms. The van der Waals surface area contributed by atoms with Gasteiger partial charge in [0.25, 0.3) is 11.5 Å². The van der Waals surface area contributed by atoms with Crippen molar-refractivity contribution in [3.8, 4) is 0 Å². The maximum atomic E-state index is 13.1. The van der Waals surface area contributed by atoms with Crippen LogP contribution in [-0.4, -0.2) is 16.5 Å². The van der Waals surface area contributed by atoms with Gasteiger partial charge in [-0.05, 0) is 42.8 Å². The van der Waals surface area contributed by atoms with Crippen molar-refractivity contribution in [2.24, 2.45) is 7.05 Å². The van der Waals surface area contributed by atoms with Crippen molar-refractivity contribution in [2.75, 3.05) is 16.0 Å². The van der Waals surface area contributed by atoms with Crippen molar-refractivity contribution in [1.82, 2.24) is 4.57 Å². The third-order valence-corrected chi connectivity index (χ3v) is 5.17. The number of carbonyl (C=O) groups excluding carboxylic acids is 2. The molecule has 4 aromatic rings. The van der Waals surface area contributed by atoms with Crippen LogP contribution in [0, 0.1) is 6.92 Å². The number of carbonyl (C=O) groups is 2. The fourth-order valence-corrected chi connectivity index (χ4v) is 3.44. The van der Waals surface area contributed by atoms with E-state index in [2.05, 4.69) is 16.0 Å². The second-order valence-corrected chi connectivity index (χ2v) is 7.40. The lowest BCUT2D eigenvalue weighted by Crippen LogP contribution is -2.22. The standard InChI is InChI=1S/C25H22N4O3/c1-16-12-13-18(27-25(32)26-17-8-4-3-5-9-17)14-21(16)28-24(31)20-15-23(30)29(2)22-11-7-6-10-19(20)22/h3-15H,1-2H3,(H,28,31)(H2,26,27,32). The highest BCUT2D eigenvalue weighted by Crippen LogP contribution is 2.23. The molecule has 0 radical (unpaired) electrons. The summed E-state index contributed by atoms with van der Waals surface area (Å²) in [5.41, 5.74) is 3.26. The predicted octanol–water partition coefficient (Wildman–Crippen LogP) is 4.74. The summed E-state index contributed by atoms with van der Waals surface area (Å²) in [7, 11) is 1.67. The van der Waals surface area contributed by atoms with Gasteiger partial charge in [-0.2, -0.15) is 0 Å². The van der Waals surface area contributed by atoms with Crippen molar-refractivity contribution >= 4 is 39.9 Å². The van der Waals surface area contributed by atoms with E-state index in [4.69, 9.17) is 0 Å². The van der Waals surface area contributed by atoms with Gasteiger partial charge in [0.05, 0.1) is 11.1 Å². The van der Waals surface area contributed by atoms with Crippen LogP contribution < -0.4 is 21.5 Å². The molecule has 1 aromatic heterocycles. The van der Waals surface area contributed by atoms with Gasteiger partial charge in [-0.15, -0.1) is 0 Å². The molecule has 0 spiro atoms. The summed E-state index contributed by atoms with van der Waals surface area (Å²) in [6, 6.07) is 22.5. The molecule has 0 bridgehead atoms. The third kappa shape index (κ3) is 4.37. The van der Waals surface area contributed by atoms with Gasteiger partial charge in [-0.25, -0.2) is 4.79 Å². The minimum atomic E-state index is -0.395. The first-order valence-corrected chi connectivity index (χ1v) is 10.1. The zero-order valence-electron chi connectivity index (χ0n) is 17.7. The van der Waals surface area contributed by atoms with E-state index >= 15 is 0 Å². The Morgan fingerprint density at radius 2 is 1.47 bits per heavy atom. The number of hydrogen-bond acceptors (Lipinski definition) is 3. The van der Waals surface area contributed by atoms with Gasteiger partial charge in [-0.3, -0.25) is 9.59 Å². The van der Waals surface area contributed by atoms with Crippen molar-refractivity contribution in [3.05, 3.63) is 100 Å². The van der Waals surface area contributed by atoms with Crippen LogP contribution in [-0.2, 0) is 7.05 Å². The van der Waals surface area contributed by atoms with Gasteiger partial charge in [0.1, 0.15) is 0 Å². The number of amides is 3. The number of para-hydroxylation sites is 2. The van der Waals surface area contributed by atoms with Crippen molar-refractivity contribution in [3.63, 3.8) is 0 Å². The minimum Gasteiger partial charge on any atom is -0.322 e. The Morgan fingerprint density at radius 1 is 0.781 bits per heavy atom. The molecule has 0 saturated heterocycles. The average Bonchev–Trinajstić information content (AvgIpc) is 2.79. The van der Waals surface area contributed by atoms with E-state index in [1.807, 2.05) is 43.3 Å². The molecule has 3 amide bonds. The fraction of sp³-hybridized carbons (Fsp3) is 0.0800. The highest BCUT2D eigenvalue weighted by molar-refractivity contribution is 6.12. The summed E-state index contributed by atoms with van der Waals surface area (Å²) in [4.78, 5) is 37.7. The topological polar surface area (TPSA) is 92.2 Å². The number of aromatic nitrogens is 1. The molecule has 3 N–H and O–H groups in total. The second-order valence-electron chi connectivity index (χ2n) is 7.40. The highest BCUT2D eigenvalue weighted by atomic mass is 16.2. The van der Waals surface area contributed by atoms with Gasteiger partial charge < -0.3 is 20.5 Å². The molecule has 160 valence electrons. The van der Waals surface area contributed by atoms with Crippen LogP contribution in [0.25, 0.3) is 10.9 Å². The molecular formula is C25H22N4O3. The highest BCUT2D eigenvalue weighted by Gasteiger charge is 2.15. The van der Waals surface area contributed by atoms with Crippen molar-refractivity contribution in [1.29, 1.82) is 0 Å². The number of nitrogens with zero attached hydrogens (tertiary/aromatic N) is 1. The summed E-state index contributed by atoms with van der Waals surface area (Å²) in [5, 5.41) is 9.06. The molecule has 0 aliphatic carbocycles. The van der Waals surface area contributed by atoms with Crippen LogP contribution in [0.15, 0.2) is 83.7 Å². The van der Waals surface area contributed by atoms with E-state index in [1.165, 1.54) is 10.6 Å². The Balaban J connectivity index is 1.57. The summed E-state index contributed by atoms with van der Waals surface area (Å²) in [6.07, 6.45) is 0. The Kier molecular flexibility index (Phi) is 5.72. The quantitative estimate of drug-likeness (QED) is 0.440. The summed E-state index contributed by atoms with van der Waals surface area (Å²) in [5.74, 6) is -0.395. The maximum Gasteiger partial charge on any atom is 0.323 e. The Labute approximate surface area is 184 Å². The molecule has 7 heteroatoms. The molecule has 0 aliphatic heterocycles. The van der Waals surface area contributed by atoms with E-state index in [-0.39, 0.29) is 5.56 Å². The van der Waals surface area contributed by atoms with E-state index in [1.54, 1.807) is 43.4 Å². The smallest absolute Gasteiger partial charge is 0.322 e. The average molecular weight is 426 g/mol. The van der Waals surface area contributed by atoms with Gasteiger partial charge in [0, 0.05) is 35.6 Å². The van der Waals surface area contributed by atoms with E-state index < -0.39 is 11.9 Å². The van der Waals surface area contributed by atoms with Crippen LogP contribution in [0.5, 0.6) is 0 Å². The molecule has 0 unspecified atom stereocenters. The molecule has 7 nitrogen and oxygen atoms in total. The number of pyridine rings is 1. The van der Waals surface area contributed by atoms with Gasteiger partial charge in [0.15, 0.2) is 0 Å². The largest absolute Gasteiger partial charge is 0.323 e. The summed E-state index contributed by atoms with van der Waals surface area (Å²) in [6.45, 7) is 1.85. The third-order valence-electron chi connectivity index (χ3n) is 5.17. The Morgan fingerprint density at radius 3 is 2.25 bits per heavy atom. The lowest BCUT2D eigenvalue weighted by Gasteiger charge is -2.14. The van der Waals surface area contributed by atoms with Gasteiger partial charge >= 0.3 is 6.03 Å². The van der Waals surface area contributed by atoms with Crippen LogP contribution in [0.4, 0.5) is 21.9 Å². The normalized spacial score (nSPS) is 10.6. The SMILES string of the molecule is Cc1ccc(NC(=O)Nc2ccccc2)cc1NC(=O)c1cc(=O)n(C)c2ccccc12. The van der Waals surface area contributed by atoms with Crippen LogP contribution in [0.1, 0.15) is 15.9 Å². The van der Waals surface area contributed by atoms with Crippen molar-refractivity contribution in [2.45, 2.75) is 6.92 Å². The second kappa shape index (κ2) is 8.77. The minimum absolute atomic E-state index is 0.265. The van der Waals surface area contributed by atoms with Crippen molar-refractivity contribution < 1.29 is 9.59 Å². The number of hydrogen-bond donors (Lipinski definition) is 3. The lowest BCUT2D eigenvalue weighted by atomic mass is 10.1. The molecular weight excluding hydrogens is 404 g/mol. The fourth-order valence-electron chi connectivity index (χ4n) is 3.44. The monoisotopic (exact) mass is 426 g/mol. The number of fused-ring (bicyclic) bond motifs is 1. The molecule has 0 aliphatic rings. The molecule has 0 atom stereocenters. The Hall–Kier alpha value is -4.39. The first-order valence-electron chi connectivity index (χ1n) is 10.1. The summed E-state index contributed by atoms with van der Waals surface area (Å²) >= 11 is 0. The van der Waals surface area contributed by atoms with Crippen LogP contribution in [0.3, 0.4) is 0 Å². The van der Waals surface area contributed by atoms with Gasteiger partial charge in [-0.1, -0.05) is 42.5 Å². The van der Waals surface area contributed by atoms with E-state index in [0.29, 0.717) is 33.5 Å². The number of nitrogens with one attached hydrogen (secondary N) is 3. The molecule has 3 aromatic carbocycles. The number of rotatable bonds is 4. The van der Waals surface area contributed by atoms with Gasteiger partial charge in [0.2, 0.25) is 0 Å². The molecule has 1 heterocycles. The van der Waals surface area contributed by atoms with E-state index in [9.17, 15) is 14.4 Å². The number of anilines is 3. The lowest BCUT2D eigenvalue weighted by molar-refractivity contribution is 0.102. The number of urea groups is 1. The number of benzene rings is 3. The van der Waals surface area contributed by atoms with Crippen LogP contribution >= 0.6 is 0 Å². The first kappa shape index (κ1) is 20.9. The molecule has 0 fully saturated rings. The zero-order valence-corrected chi connectivity index (χ0v) is 17.7. The Bertz CT molecular complexity index is 1380.